The van der Waals surface area contributed by atoms with E-state index in [1.54, 1.807) is 10.8 Å². The lowest BCUT2D eigenvalue weighted by Gasteiger charge is -2.32. The molecule has 0 atom stereocenters. The van der Waals surface area contributed by atoms with Gasteiger partial charge in [-0.2, -0.15) is 14.6 Å². The molecule has 4 rings (SSSR count). The number of piperidine rings is 1. The molecule has 25 heavy (non-hydrogen) atoms. The van der Waals surface area contributed by atoms with E-state index < -0.39 is 0 Å². The zero-order valence-electron chi connectivity index (χ0n) is 14.2. The third kappa shape index (κ3) is 3.75. The Morgan fingerprint density at radius 3 is 2.72 bits per heavy atom. The maximum atomic E-state index is 5.96. The number of benzene rings is 1. The molecule has 0 bridgehead atoms. The Bertz CT molecular complexity index is 852. The molecule has 0 spiro atoms. The summed E-state index contributed by atoms with van der Waals surface area (Å²) in [5.74, 6) is 1.61. The van der Waals surface area contributed by atoms with Crippen molar-refractivity contribution in [2.75, 3.05) is 18.4 Å². The van der Waals surface area contributed by atoms with Gasteiger partial charge in [0.15, 0.2) is 0 Å². The van der Waals surface area contributed by atoms with Crippen molar-refractivity contribution in [1.29, 1.82) is 0 Å². The molecule has 0 aliphatic carbocycles. The Labute approximate surface area is 151 Å². The fraction of sp³-hybridized carbons (Fsp3) is 0.389. The largest absolute Gasteiger partial charge is 0.367 e. The van der Waals surface area contributed by atoms with E-state index in [-0.39, 0.29) is 0 Å². The topological polar surface area (TPSA) is 58.4 Å². The zero-order valence-corrected chi connectivity index (χ0v) is 14.9. The van der Waals surface area contributed by atoms with E-state index in [0.29, 0.717) is 11.8 Å². The maximum Gasteiger partial charge on any atom is 0.254 e. The second-order valence-electron chi connectivity index (χ2n) is 6.58. The van der Waals surface area contributed by atoms with Crippen LogP contribution in [0.3, 0.4) is 0 Å². The molecule has 0 unspecified atom stereocenters. The van der Waals surface area contributed by atoms with Crippen LogP contribution >= 0.6 is 11.6 Å². The van der Waals surface area contributed by atoms with E-state index in [9.17, 15) is 0 Å². The lowest BCUT2D eigenvalue weighted by atomic mass is 10.0. The van der Waals surface area contributed by atoms with Gasteiger partial charge < -0.3 is 5.32 Å². The smallest absolute Gasteiger partial charge is 0.254 e. The normalized spacial score (nSPS) is 16.4. The molecule has 1 aliphatic rings. The van der Waals surface area contributed by atoms with Crippen molar-refractivity contribution in [1.82, 2.24) is 24.5 Å². The SMILES string of the molecule is Cc1cc(NC2CCN(Cc3ccc(Cl)cc3)CC2)n2ncnc2n1. The molecule has 2 aromatic heterocycles. The Morgan fingerprint density at radius 2 is 1.96 bits per heavy atom. The van der Waals surface area contributed by atoms with Crippen molar-refractivity contribution >= 4 is 23.2 Å². The predicted molar refractivity (Wildman–Crippen MR) is 98.9 cm³/mol. The number of rotatable bonds is 4. The number of anilines is 1. The first-order chi connectivity index (χ1) is 12.2. The van der Waals surface area contributed by atoms with Gasteiger partial charge in [0.1, 0.15) is 12.1 Å². The van der Waals surface area contributed by atoms with Crippen LogP contribution in [-0.4, -0.2) is 43.6 Å². The molecular weight excluding hydrogens is 336 g/mol. The third-order valence-corrected chi connectivity index (χ3v) is 4.89. The van der Waals surface area contributed by atoms with Crippen molar-refractivity contribution in [3.05, 3.63) is 52.9 Å². The molecule has 0 radical (unpaired) electrons. The Hall–Kier alpha value is -2.18. The fourth-order valence-corrected chi connectivity index (χ4v) is 3.45. The highest BCUT2D eigenvalue weighted by molar-refractivity contribution is 6.30. The molecule has 7 heteroatoms. The highest BCUT2D eigenvalue weighted by Gasteiger charge is 2.20. The summed E-state index contributed by atoms with van der Waals surface area (Å²) < 4.78 is 1.77. The summed E-state index contributed by atoms with van der Waals surface area (Å²) in [6.07, 6.45) is 3.75. The van der Waals surface area contributed by atoms with Gasteiger partial charge in [-0.25, -0.2) is 4.98 Å². The van der Waals surface area contributed by atoms with Crippen molar-refractivity contribution in [2.24, 2.45) is 0 Å². The number of halogens is 1. The van der Waals surface area contributed by atoms with Crippen LogP contribution in [0, 0.1) is 6.92 Å². The Morgan fingerprint density at radius 1 is 1.20 bits per heavy atom. The number of hydrogen-bond donors (Lipinski definition) is 1. The highest BCUT2D eigenvalue weighted by atomic mass is 35.5. The lowest BCUT2D eigenvalue weighted by molar-refractivity contribution is 0.211. The molecule has 1 aliphatic heterocycles. The average Bonchev–Trinajstić information content (AvgIpc) is 3.07. The van der Waals surface area contributed by atoms with Crippen molar-refractivity contribution in [3.63, 3.8) is 0 Å². The summed E-state index contributed by atoms with van der Waals surface area (Å²) in [5, 5.41) is 8.67. The molecule has 130 valence electrons. The quantitative estimate of drug-likeness (QED) is 0.778. The zero-order chi connectivity index (χ0) is 17.2. The average molecular weight is 357 g/mol. The van der Waals surface area contributed by atoms with Crippen molar-refractivity contribution in [2.45, 2.75) is 32.4 Å². The van der Waals surface area contributed by atoms with Gasteiger partial charge >= 0.3 is 0 Å². The summed E-state index contributed by atoms with van der Waals surface area (Å²) in [7, 11) is 0. The number of fused-ring (bicyclic) bond motifs is 1. The molecule has 1 aromatic carbocycles. The van der Waals surface area contributed by atoms with Gasteiger partial charge in [0.2, 0.25) is 0 Å². The standard InChI is InChI=1S/C18H21ClN6/c1-13-10-17(25-18(22-13)20-12-21-25)23-16-6-8-24(9-7-16)11-14-2-4-15(19)5-3-14/h2-5,10,12,16,23H,6-9,11H2,1H3. The lowest BCUT2D eigenvalue weighted by Crippen LogP contribution is -2.39. The summed E-state index contributed by atoms with van der Waals surface area (Å²) in [5.41, 5.74) is 2.26. The van der Waals surface area contributed by atoms with Crippen LogP contribution in [0.4, 0.5) is 5.82 Å². The van der Waals surface area contributed by atoms with Gasteiger partial charge in [-0.05, 0) is 37.5 Å². The Balaban J connectivity index is 1.37. The molecule has 1 N–H and O–H groups in total. The molecule has 1 fully saturated rings. The number of nitrogens with one attached hydrogen (secondary N) is 1. The van der Waals surface area contributed by atoms with Gasteiger partial charge in [-0.15, -0.1) is 0 Å². The number of likely N-dealkylation sites (tertiary alicyclic amines) is 1. The maximum absolute atomic E-state index is 5.96. The van der Waals surface area contributed by atoms with Crippen LogP contribution < -0.4 is 5.32 Å². The molecule has 0 saturated carbocycles. The molecular formula is C18H21ClN6. The molecule has 3 aromatic rings. The van der Waals surface area contributed by atoms with E-state index in [2.05, 4.69) is 37.4 Å². The Kier molecular flexibility index (Phi) is 4.55. The van der Waals surface area contributed by atoms with E-state index in [1.165, 1.54) is 5.56 Å². The van der Waals surface area contributed by atoms with E-state index >= 15 is 0 Å². The summed E-state index contributed by atoms with van der Waals surface area (Å²) >= 11 is 5.96. The van der Waals surface area contributed by atoms with E-state index in [4.69, 9.17) is 11.6 Å². The predicted octanol–water partition coefficient (Wildman–Crippen LogP) is 3.16. The van der Waals surface area contributed by atoms with Gasteiger partial charge in [0, 0.05) is 42.5 Å². The second kappa shape index (κ2) is 6.98. The van der Waals surface area contributed by atoms with Gasteiger partial charge in [0.05, 0.1) is 0 Å². The van der Waals surface area contributed by atoms with Crippen LogP contribution in [0.15, 0.2) is 36.7 Å². The minimum atomic E-state index is 0.440. The third-order valence-electron chi connectivity index (χ3n) is 4.64. The van der Waals surface area contributed by atoms with Crippen LogP contribution in [0.2, 0.25) is 5.02 Å². The minimum absolute atomic E-state index is 0.440. The number of aromatic nitrogens is 4. The summed E-state index contributed by atoms with van der Waals surface area (Å²) in [4.78, 5) is 11.1. The van der Waals surface area contributed by atoms with Crippen molar-refractivity contribution in [3.8, 4) is 0 Å². The van der Waals surface area contributed by atoms with Gasteiger partial charge in [-0.1, -0.05) is 23.7 Å². The highest BCUT2D eigenvalue weighted by Crippen LogP contribution is 2.19. The number of nitrogens with zero attached hydrogens (tertiary/aromatic N) is 5. The van der Waals surface area contributed by atoms with Gasteiger partial charge in [-0.3, -0.25) is 4.90 Å². The summed E-state index contributed by atoms with van der Waals surface area (Å²) in [6, 6.07) is 10.6. The van der Waals surface area contributed by atoms with E-state index in [1.807, 2.05) is 25.1 Å². The second-order valence-corrected chi connectivity index (χ2v) is 7.01. The van der Waals surface area contributed by atoms with Crippen LogP contribution in [0.25, 0.3) is 5.78 Å². The summed E-state index contributed by atoms with van der Waals surface area (Å²) in [6.45, 7) is 5.11. The van der Waals surface area contributed by atoms with Gasteiger partial charge in [0.25, 0.3) is 5.78 Å². The first kappa shape index (κ1) is 16.3. The number of hydrogen-bond acceptors (Lipinski definition) is 5. The molecule has 1 saturated heterocycles. The first-order valence-corrected chi connectivity index (χ1v) is 8.96. The van der Waals surface area contributed by atoms with Crippen LogP contribution in [0.1, 0.15) is 24.1 Å². The molecule has 3 heterocycles. The van der Waals surface area contributed by atoms with Crippen molar-refractivity contribution < 1.29 is 0 Å². The van der Waals surface area contributed by atoms with E-state index in [0.717, 1.165) is 49.0 Å². The minimum Gasteiger partial charge on any atom is -0.367 e. The van der Waals surface area contributed by atoms with Crippen LogP contribution in [0.5, 0.6) is 0 Å². The van der Waals surface area contributed by atoms with Crippen LogP contribution in [-0.2, 0) is 6.54 Å². The molecule has 6 nitrogen and oxygen atoms in total. The fourth-order valence-electron chi connectivity index (χ4n) is 3.33. The molecule has 0 amide bonds. The number of aryl methyl sites for hydroxylation is 1. The monoisotopic (exact) mass is 356 g/mol. The first-order valence-electron chi connectivity index (χ1n) is 8.58.